The van der Waals surface area contributed by atoms with E-state index in [9.17, 15) is 22.8 Å². The number of aromatic nitrogens is 3. The molecule has 3 amide bonds. The van der Waals surface area contributed by atoms with Gasteiger partial charge in [0.25, 0.3) is 5.91 Å². The molecule has 2 aliphatic rings. The maximum atomic E-state index is 13.5. The summed E-state index contributed by atoms with van der Waals surface area (Å²) < 4.78 is 42.0. The number of fused-ring (bicyclic) bond motifs is 2. The molecule has 3 aromatic rings. The molecule has 2 aromatic heterocycles. The van der Waals surface area contributed by atoms with Crippen LogP contribution in [0.5, 0.6) is 0 Å². The Morgan fingerprint density at radius 3 is 2.37 bits per heavy atom. The van der Waals surface area contributed by atoms with E-state index in [-0.39, 0.29) is 35.5 Å². The number of anilines is 1. The molecule has 0 radical (unpaired) electrons. The van der Waals surface area contributed by atoms with Gasteiger partial charge in [0.1, 0.15) is 0 Å². The minimum Gasteiger partial charge on any atom is -0.335 e. The summed E-state index contributed by atoms with van der Waals surface area (Å²) in [5, 5.41) is 10.9. The lowest BCUT2D eigenvalue weighted by atomic mass is 9.91. The summed E-state index contributed by atoms with van der Waals surface area (Å²) >= 11 is 0. The summed E-state index contributed by atoms with van der Waals surface area (Å²) in [7, 11) is 3.25. The van der Waals surface area contributed by atoms with Gasteiger partial charge in [0.2, 0.25) is 5.82 Å². The second kappa shape index (κ2) is 8.54. The van der Waals surface area contributed by atoms with Gasteiger partial charge in [0, 0.05) is 33.4 Å². The van der Waals surface area contributed by atoms with Gasteiger partial charge < -0.3 is 15.1 Å². The van der Waals surface area contributed by atoms with E-state index in [0.29, 0.717) is 42.8 Å². The van der Waals surface area contributed by atoms with Crippen molar-refractivity contribution >= 4 is 23.3 Å². The second-order valence-electron chi connectivity index (χ2n) is 9.48. The normalized spacial score (nSPS) is 21.9. The Morgan fingerprint density at radius 1 is 1.03 bits per heavy atom. The lowest BCUT2D eigenvalue weighted by Crippen LogP contribution is -2.31. The lowest BCUT2D eigenvalue weighted by molar-refractivity contribution is -0.138. The molecule has 11 heteroatoms. The standard InChI is InChI=1S/C24H25F3N6O2/c1-31(2)23(35)28-17-7-8-20-29-30-21(33(20)13-17)22(34)32-11-15-9-14(10-16(15)12-32)18-5-3-4-6-19(18)24(25,26)27/h3-8,13-16H,9-12H2,1-2H3,(H,28,35)/t14?,15-,16+. The van der Waals surface area contributed by atoms with Crippen LogP contribution < -0.4 is 5.32 Å². The van der Waals surface area contributed by atoms with E-state index in [1.165, 1.54) is 11.0 Å². The van der Waals surface area contributed by atoms with Crippen molar-refractivity contribution in [3.8, 4) is 0 Å². The molecule has 35 heavy (non-hydrogen) atoms. The van der Waals surface area contributed by atoms with Gasteiger partial charge in [-0.15, -0.1) is 10.2 Å². The Labute approximate surface area is 199 Å². The average molecular weight is 486 g/mol. The number of rotatable bonds is 3. The molecule has 1 aliphatic carbocycles. The SMILES string of the molecule is CN(C)C(=O)Nc1ccc2nnc(C(=O)N3C[C@H]4CC(c5ccccc5C(F)(F)F)C[C@H]4C3)n2c1. The minimum absolute atomic E-state index is 0.138. The van der Waals surface area contributed by atoms with Gasteiger partial charge in [-0.05, 0) is 54.4 Å². The Hall–Kier alpha value is -3.63. The van der Waals surface area contributed by atoms with Crippen molar-refractivity contribution in [1.82, 2.24) is 24.4 Å². The highest BCUT2D eigenvalue weighted by Crippen LogP contribution is 2.49. The van der Waals surface area contributed by atoms with Gasteiger partial charge >= 0.3 is 12.2 Å². The Balaban J connectivity index is 1.31. The predicted molar refractivity (Wildman–Crippen MR) is 122 cm³/mol. The summed E-state index contributed by atoms with van der Waals surface area (Å²) in [6, 6.07) is 8.83. The molecule has 1 saturated heterocycles. The summed E-state index contributed by atoms with van der Waals surface area (Å²) in [5.74, 6) is -0.0364. The number of nitrogens with one attached hydrogen (secondary N) is 1. The Bertz CT molecular complexity index is 1270. The van der Waals surface area contributed by atoms with E-state index in [1.807, 2.05) is 0 Å². The van der Waals surface area contributed by atoms with Crippen LogP contribution in [0.3, 0.4) is 0 Å². The summed E-state index contributed by atoms with van der Waals surface area (Å²) in [4.78, 5) is 28.4. The van der Waals surface area contributed by atoms with Crippen molar-refractivity contribution in [2.45, 2.75) is 24.9 Å². The zero-order chi connectivity index (χ0) is 24.9. The van der Waals surface area contributed by atoms with Gasteiger partial charge in [-0.3, -0.25) is 9.20 Å². The maximum absolute atomic E-state index is 13.5. The first-order valence-corrected chi connectivity index (χ1v) is 11.4. The highest BCUT2D eigenvalue weighted by molar-refractivity contribution is 5.92. The van der Waals surface area contributed by atoms with E-state index >= 15 is 0 Å². The number of hydrogen-bond donors (Lipinski definition) is 1. The molecule has 1 aromatic carbocycles. The molecule has 1 N–H and O–H groups in total. The Morgan fingerprint density at radius 2 is 1.71 bits per heavy atom. The first-order chi connectivity index (χ1) is 16.6. The number of carbonyl (C=O) groups is 2. The number of nitrogens with zero attached hydrogens (tertiary/aromatic N) is 5. The third kappa shape index (κ3) is 4.30. The molecule has 2 fully saturated rings. The molecule has 184 valence electrons. The number of alkyl halides is 3. The average Bonchev–Trinajstić information content (AvgIpc) is 3.51. The van der Waals surface area contributed by atoms with Crippen LogP contribution in [0.1, 0.15) is 40.5 Å². The molecular formula is C24H25F3N6O2. The van der Waals surface area contributed by atoms with Crippen LogP contribution in [0.25, 0.3) is 5.65 Å². The topological polar surface area (TPSA) is 82.8 Å². The Kier molecular flexibility index (Phi) is 5.65. The molecule has 1 unspecified atom stereocenters. The lowest BCUT2D eigenvalue weighted by Gasteiger charge is -2.21. The fourth-order valence-corrected chi connectivity index (χ4v) is 5.32. The molecule has 5 rings (SSSR count). The highest BCUT2D eigenvalue weighted by atomic mass is 19.4. The van der Waals surface area contributed by atoms with Crippen LogP contribution in [0, 0.1) is 11.8 Å². The smallest absolute Gasteiger partial charge is 0.335 e. The molecule has 8 nitrogen and oxygen atoms in total. The van der Waals surface area contributed by atoms with E-state index in [0.717, 1.165) is 6.07 Å². The zero-order valence-corrected chi connectivity index (χ0v) is 19.3. The minimum atomic E-state index is -4.38. The number of carbonyl (C=O) groups excluding carboxylic acids is 2. The maximum Gasteiger partial charge on any atom is 0.416 e. The molecule has 3 atom stereocenters. The van der Waals surface area contributed by atoms with Crippen molar-refractivity contribution in [3.63, 3.8) is 0 Å². The van der Waals surface area contributed by atoms with Crippen LogP contribution in [0.2, 0.25) is 0 Å². The van der Waals surface area contributed by atoms with Crippen LogP contribution in [0.15, 0.2) is 42.6 Å². The number of urea groups is 1. The highest BCUT2D eigenvalue weighted by Gasteiger charge is 2.45. The first-order valence-electron chi connectivity index (χ1n) is 11.4. The van der Waals surface area contributed by atoms with Gasteiger partial charge in [0.05, 0.1) is 11.3 Å². The van der Waals surface area contributed by atoms with Crippen LogP contribution in [0.4, 0.5) is 23.7 Å². The largest absolute Gasteiger partial charge is 0.416 e. The quantitative estimate of drug-likeness (QED) is 0.604. The molecule has 3 heterocycles. The number of likely N-dealkylation sites (tertiary alicyclic amines) is 1. The van der Waals surface area contributed by atoms with Crippen molar-refractivity contribution in [2.75, 3.05) is 32.5 Å². The number of halogens is 3. The van der Waals surface area contributed by atoms with Crippen LogP contribution in [-0.2, 0) is 6.18 Å². The summed E-state index contributed by atoms with van der Waals surface area (Å²) in [5.41, 5.74) is 0.752. The van der Waals surface area contributed by atoms with Gasteiger partial charge in [-0.1, -0.05) is 18.2 Å². The van der Waals surface area contributed by atoms with Crippen molar-refractivity contribution in [1.29, 1.82) is 0 Å². The summed E-state index contributed by atoms with van der Waals surface area (Å²) in [6.45, 7) is 0.945. The van der Waals surface area contributed by atoms with E-state index in [4.69, 9.17) is 0 Å². The number of amides is 3. The first kappa shape index (κ1) is 23.1. The summed E-state index contributed by atoms with van der Waals surface area (Å²) in [6.07, 6.45) is -1.55. The second-order valence-corrected chi connectivity index (χ2v) is 9.48. The van der Waals surface area contributed by atoms with Crippen LogP contribution >= 0.6 is 0 Å². The monoisotopic (exact) mass is 486 g/mol. The van der Waals surface area contributed by atoms with Gasteiger partial charge in [-0.25, -0.2) is 4.79 Å². The van der Waals surface area contributed by atoms with Crippen LogP contribution in [-0.4, -0.2) is 63.5 Å². The van der Waals surface area contributed by atoms with E-state index in [2.05, 4.69) is 15.5 Å². The van der Waals surface area contributed by atoms with E-state index in [1.54, 1.807) is 53.9 Å². The number of benzene rings is 1. The molecule has 1 saturated carbocycles. The fourth-order valence-electron chi connectivity index (χ4n) is 5.32. The third-order valence-electron chi connectivity index (χ3n) is 7.00. The van der Waals surface area contributed by atoms with Gasteiger partial charge in [-0.2, -0.15) is 13.2 Å². The van der Waals surface area contributed by atoms with Gasteiger partial charge in [0.15, 0.2) is 5.65 Å². The zero-order valence-electron chi connectivity index (χ0n) is 19.3. The molecule has 0 bridgehead atoms. The number of hydrogen-bond acceptors (Lipinski definition) is 4. The number of pyridine rings is 1. The van der Waals surface area contributed by atoms with Crippen molar-refractivity contribution in [2.24, 2.45) is 11.8 Å². The predicted octanol–water partition coefficient (Wildman–Crippen LogP) is 4.11. The van der Waals surface area contributed by atoms with Crippen molar-refractivity contribution < 1.29 is 22.8 Å². The fraction of sp³-hybridized carbons (Fsp3) is 0.417. The van der Waals surface area contributed by atoms with E-state index < -0.39 is 11.7 Å². The third-order valence-corrected chi connectivity index (χ3v) is 7.00. The molecule has 1 aliphatic heterocycles. The van der Waals surface area contributed by atoms with Crippen molar-refractivity contribution in [3.05, 3.63) is 59.5 Å². The molecular weight excluding hydrogens is 461 g/mol. The molecule has 0 spiro atoms.